The lowest BCUT2D eigenvalue weighted by Crippen LogP contribution is -2.22. The first-order valence-corrected chi connectivity index (χ1v) is 6.39. The highest BCUT2D eigenvalue weighted by Crippen LogP contribution is 2.35. The van der Waals surface area contributed by atoms with E-state index in [1.165, 1.54) is 35.5 Å². The van der Waals surface area contributed by atoms with Gasteiger partial charge in [-0.3, -0.25) is 0 Å². The maximum absolute atomic E-state index is 2.29. The van der Waals surface area contributed by atoms with Crippen molar-refractivity contribution in [2.75, 3.05) is 0 Å². The number of rotatable bonds is 1. The predicted octanol–water partition coefficient (Wildman–Crippen LogP) is 2.85. The summed E-state index contributed by atoms with van der Waals surface area (Å²) < 4.78 is 0. The molecule has 0 nitrogen and oxygen atoms in total. The molecule has 2 aromatic rings. The van der Waals surface area contributed by atoms with Gasteiger partial charge < -0.3 is 0 Å². The van der Waals surface area contributed by atoms with Crippen LogP contribution >= 0.6 is 8.58 Å². The third-order valence-corrected chi connectivity index (χ3v) is 4.10. The first-order valence-electron chi connectivity index (χ1n) is 5.43. The first-order chi connectivity index (χ1) is 7.86. The van der Waals surface area contributed by atoms with E-state index >= 15 is 0 Å². The molecule has 0 fully saturated rings. The Bertz CT molecular complexity index is 653. The van der Waals surface area contributed by atoms with Gasteiger partial charge in [-0.25, -0.2) is 0 Å². The van der Waals surface area contributed by atoms with Gasteiger partial charge in [0.25, 0.3) is 0 Å². The summed E-state index contributed by atoms with van der Waals surface area (Å²) in [6, 6.07) is 17.2. The van der Waals surface area contributed by atoms with Gasteiger partial charge in [0.05, 0.1) is 0 Å². The van der Waals surface area contributed by atoms with E-state index in [0.29, 0.717) is 0 Å². The Balaban J connectivity index is 2.33. The third kappa shape index (κ3) is 1.50. The van der Waals surface area contributed by atoms with E-state index < -0.39 is 0 Å². The van der Waals surface area contributed by atoms with Crippen molar-refractivity contribution < 1.29 is 0 Å². The molecule has 0 aliphatic carbocycles. The molecule has 1 aliphatic heterocycles. The Kier molecular flexibility index (Phi) is 2.38. The second kappa shape index (κ2) is 3.88. The largest absolute Gasteiger partial charge is 0.0620 e. The lowest BCUT2D eigenvalue weighted by molar-refractivity contribution is 1.42. The van der Waals surface area contributed by atoms with Crippen molar-refractivity contribution in [2.45, 2.75) is 6.92 Å². The maximum atomic E-state index is 2.29. The topological polar surface area (TPSA) is 0 Å². The van der Waals surface area contributed by atoms with Crippen LogP contribution < -0.4 is 10.4 Å². The summed E-state index contributed by atoms with van der Waals surface area (Å²) in [5.41, 5.74) is 2.74. The minimum atomic E-state index is 1.32. The SMILES string of the molecule is Cc1ccccc1C1=c2ccccc2=C[P]1. The lowest BCUT2D eigenvalue weighted by atomic mass is 10.1. The van der Waals surface area contributed by atoms with Crippen molar-refractivity contribution in [1.82, 2.24) is 0 Å². The predicted molar refractivity (Wildman–Crippen MR) is 70.8 cm³/mol. The fraction of sp³-hybridized carbons (Fsp3) is 0.0667. The molecule has 0 saturated carbocycles. The molecule has 77 valence electrons. The van der Waals surface area contributed by atoms with Crippen LogP contribution in [0.1, 0.15) is 11.1 Å². The summed E-state index contributed by atoms with van der Waals surface area (Å²) in [7, 11) is 1.32. The van der Waals surface area contributed by atoms with Gasteiger partial charge in [-0.2, -0.15) is 0 Å². The standard InChI is InChI=1S/C15H12P/c1-11-6-2-4-8-13(11)15-14-9-5-3-7-12(14)10-16-15/h2-10H,1H3. The highest BCUT2D eigenvalue weighted by Gasteiger charge is 2.09. The quantitative estimate of drug-likeness (QED) is 0.652. The fourth-order valence-corrected chi connectivity index (χ4v) is 3.31. The average Bonchev–Trinajstić information content (AvgIpc) is 2.74. The number of hydrogen-bond acceptors (Lipinski definition) is 0. The number of hydrogen-bond donors (Lipinski definition) is 0. The summed E-state index contributed by atoms with van der Waals surface area (Å²) in [5, 5.41) is 4.19. The normalized spacial score (nSPS) is 14.9. The highest BCUT2D eigenvalue weighted by atomic mass is 31.1. The molecule has 1 radical (unpaired) electrons. The molecule has 0 bridgehead atoms. The zero-order chi connectivity index (χ0) is 11.0. The summed E-state index contributed by atoms with van der Waals surface area (Å²) in [5.74, 6) is 2.29. The molecular weight excluding hydrogens is 211 g/mol. The van der Waals surface area contributed by atoms with Crippen LogP contribution in [0.25, 0.3) is 11.1 Å². The minimum Gasteiger partial charge on any atom is -0.0620 e. The smallest absolute Gasteiger partial charge is 0.000168 e. The van der Waals surface area contributed by atoms with Crippen molar-refractivity contribution in [3.8, 4) is 0 Å². The van der Waals surface area contributed by atoms with Gasteiger partial charge >= 0.3 is 0 Å². The first kappa shape index (κ1) is 9.81. The summed E-state index contributed by atoms with van der Waals surface area (Å²) >= 11 is 0. The number of benzene rings is 2. The monoisotopic (exact) mass is 223 g/mol. The van der Waals surface area contributed by atoms with Crippen LogP contribution in [0.15, 0.2) is 48.5 Å². The molecule has 0 saturated heterocycles. The summed E-state index contributed by atoms with van der Waals surface area (Å²) in [6.07, 6.45) is 0. The van der Waals surface area contributed by atoms with E-state index in [2.05, 4.69) is 61.3 Å². The van der Waals surface area contributed by atoms with Gasteiger partial charge in [0.15, 0.2) is 0 Å². The Morgan fingerprint density at radius 2 is 1.62 bits per heavy atom. The average molecular weight is 223 g/mol. The fourth-order valence-electron chi connectivity index (χ4n) is 2.08. The Morgan fingerprint density at radius 3 is 2.50 bits per heavy atom. The van der Waals surface area contributed by atoms with Gasteiger partial charge in [0.2, 0.25) is 0 Å². The van der Waals surface area contributed by atoms with Crippen LogP contribution in [-0.4, -0.2) is 0 Å². The van der Waals surface area contributed by atoms with Crippen molar-refractivity contribution in [2.24, 2.45) is 0 Å². The molecule has 0 N–H and O–H groups in total. The molecule has 0 unspecified atom stereocenters. The van der Waals surface area contributed by atoms with Crippen molar-refractivity contribution in [1.29, 1.82) is 0 Å². The zero-order valence-corrected chi connectivity index (χ0v) is 10.0. The van der Waals surface area contributed by atoms with Gasteiger partial charge in [-0.05, 0) is 42.9 Å². The minimum absolute atomic E-state index is 1.32. The summed E-state index contributed by atoms with van der Waals surface area (Å²) in [6.45, 7) is 2.18. The molecule has 16 heavy (non-hydrogen) atoms. The number of fused-ring (bicyclic) bond motifs is 1. The third-order valence-electron chi connectivity index (χ3n) is 2.95. The molecule has 0 atom stereocenters. The van der Waals surface area contributed by atoms with Crippen LogP contribution in [0, 0.1) is 6.92 Å². The van der Waals surface area contributed by atoms with Crippen LogP contribution in [-0.2, 0) is 0 Å². The molecule has 1 heteroatoms. The molecule has 3 rings (SSSR count). The molecule has 2 aromatic carbocycles. The van der Waals surface area contributed by atoms with E-state index in [9.17, 15) is 0 Å². The van der Waals surface area contributed by atoms with Gasteiger partial charge in [0, 0.05) is 5.31 Å². The van der Waals surface area contributed by atoms with Crippen molar-refractivity contribution in [3.63, 3.8) is 0 Å². The summed E-state index contributed by atoms with van der Waals surface area (Å²) in [4.78, 5) is 0. The van der Waals surface area contributed by atoms with Crippen LogP contribution in [0.2, 0.25) is 0 Å². The number of aryl methyl sites for hydroxylation is 1. The van der Waals surface area contributed by atoms with E-state index in [4.69, 9.17) is 0 Å². The van der Waals surface area contributed by atoms with Crippen LogP contribution in [0.4, 0.5) is 0 Å². The molecular formula is C15H12P. The molecule has 0 spiro atoms. The van der Waals surface area contributed by atoms with E-state index in [0.717, 1.165) is 0 Å². The molecule has 1 aliphatic rings. The van der Waals surface area contributed by atoms with Gasteiger partial charge in [0.1, 0.15) is 0 Å². The maximum Gasteiger partial charge on any atom is 0.000168 e. The van der Waals surface area contributed by atoms with Crippen LogP contribution in [0.5, 0.6) is 0 Å². The van der Waals surface area contributed by atoms with Crippen molar-refractivity contribution >= 4 is 19.7 Å². The van der Waals surface area contributed by atoms with Crippen LogP contribution in [0.3, 0.4) is 0 Å². The van der Waals surface area contributed by atoms with Crippen molar-refractivity contribution in [3.05, 3.63) is 70.1 Å². The zero-order valence-electron chi connectivity index (χ0n) is 9.14. The van der Waals surface area contributed by atoms with Gasteiger partial charge in [-0.1, -0.05) is 48.5 Å². The lowest BCUT2D eigenvalue weighted by Gasteiger charge is -2.05. The Hall–Kier alpha value is -1.39. The van der Waals surface area contributed by atoms with E-state index in [-0.39, 0.29) is 0 Å². The second-order valence-corrected chi connectivity index (χ2v) is 4.97. The Labute approximate surface area is 97.1 Å². The van der Waals surface area contributed by atoms with E-state index in [1.54, 1.807) is 0 Å². The Morgan fingerprint density at radius 1 is 0.875 bits per heavy atom. The molecule has 1 heterocycles. The molecule has 0 aromatic heterocycles. The molecule has 0 amide bonds. The highest BCUT2D eigenvalue weighted by molar-refractivity contribution is 7.59. The van der Waals surface area contributed by atoms with Gasteiger partial charge in [-0.15, -0.1) is 0 Å². The van der Waals surface area contributed by atoms with E-state index in [1.807, 2.05) is 0 Å². The second-order valence-electron chi connectivity index (χ2n) is 4.01.